The molecule has 0 aromatic carbocycles. The van der Waals surface area contributed by atoms with Gasteiger partial charge in [-0.1, -0.05) is 0 Å². The summed E-state index contributed by atoms with van der Waals surface area (Å²) in [6.07, 6.45) is -0.695. The summed E-state index contributed by atoms with van der Waals surface area (Å²) in [5.41, 5.74) is 4.46. The maximum absolute atomic E-state index is 10.2. The van der Waals surface area contributed by atoms with Gasteiger partial charge in [0, 0.05) is 13.1 Å². The fourth-order valence-corrected chi connectivity index (χ4v) is 0.792. The molecule has 1 saturated heterocycles. The SMILES string of the molecule is CC1(OC(N)=O)CNC1.Cl. The van der Waals surface area contributed by atoms with Crippen molar-refractivity contribution in [3.8, 4) is 0 Å². The summed E-state index contributed by atoms with van der Waals surface area (Å²) in [7, 11) is 0. The quantitative estimate of drug-likeness (QED) is 0.570. The summed E-state index contributed by atoms with van der Waals surface area (Å²) in [6.45, 7) is 3.25. The number of nitrogens with one attached hydrogen (secondary N) is 1. The lowest BCUT2D eigenvalue weighted by atomic mass is 10.0. The van der Waals surface area contributed by atoms with Crippen LogP contribution in [0.3, 0.4) is 0 Å². The van der Waals surface area contributed by atoms with Crippen molar-refractivity contribution in [3.05, 3.63) is 0 Å². The molecule has 4 nitrogen and oxygen atoms in total. The second-order valence-corrected chi connectivity index (χ2v) is 2.47. The highest BCUT2D eigenvalue weighted by Gasteiger charge is 2.34. The van der Waals surface area contributed by atoms with Crippen molar-refractivity contribution in [3.63, 3.8) is 0 Å². The Labute approximate surface area is 65.5 Å². The van der Waals surface area contributed by atoms with Crippen LogP contribution in [0.1, 0.15) is 6.92 Å². The van der Waals surface area contributed by atoms with E-state index in [1.165, 1.54) is 0 Å². The molecule has 1 aliphatic rings. The summed E-state index contributed by atoms with van der Waals surface area (Å²) in [5.74, 6) is 0. The van der Waals surface area contributed by atoms with Crippen LogP contribution in [0.2, 0.25) is 0 Å². The highest BCUT2D eigenvalue weighted by Crippen LogP contribution is 2.14. The van der Waals surface area contributed by atoms with Crippen molar-refractivity contribution >= 4 is 18.5 Å². The zero-order chi connectivity index (χ0) is 6.91. The van der Waals surface area contributed by atoms with E-state index in [-0.39, 0.29) is 18.0 Å². The van der Waals surface area contributed by atoms with Gasteiger partial charge in [-0.15, -0.1) is 12.4 Å². The average molecular weight is 167 g/mol. The van der Waals surface area contributed by atoms with Crippen LogP contribution in [0.15, 0.2) is 0 Å². The minimum Gasteiger partial charge on any atom is -0.441 e. The van der Waals surface area contributed by atoms with E-state index in [0.29, 0.717) is 13.1 Å². The van der Waals surface area contributed by atoms with Crippen molar-refractivity contribution in [1.82, 2.24) is 5.32 Å². The molecule has 10 heavy (non-hydrogen) atoms. The van der Waals surface area contributed by atoms with Gasteiger partial charge in [0.2, 0.25) is 0 Å². The normalized spacial score (nSPS) is 20.1. The second kappa shape index (κ2) is 3.07. The Balaban J connectivity index is 0.000000810. The molecule has 0 bridgehead atoms. The van der Waals surface area contributed by atoms with E-state index in [1.807, 2.05) is 6.92 Å². The lowest BCUT2D eigenvalue weighted by Gasteiger charge is -2.37. The molecule has 1 fully saturated rings. The number of nitrogens with two attached hydrogens (primary N) is 1. The van der Waals surface area contributed by atoms with Crippen molar-refractivity contribution < 1.29 is 9.53 Å². The molecule has 60 valence electrons. The van der Waals surface area contributed by atoms with Crippen LogP contribution < -0.4 is 11.1 Å². The predicted octanol–water partition coefficient (Wildman–Crippen LogP) is -0.135. The van der Waals surface area contributed by atoms with Crippen molar-refractivity contribution in [2.45, 2.75) is 12.5 Å². The topological polar surface area (TPSA) is 64.3 Å². The van der Waals surface area contributed by atoms with Crippen LogP contribution >= 0.6 is 12.4 Å². The highest BCUT2D eigenvalue weighted by atomic mass is 35.5. The number of hydrogen-bond donors (Lipinski definition) is 2. The van der Waals surface area contributed by atoms with E-state index in [2.05, 4.69) is 5.32 Å². The van der Waals surface area contributed by atoms with E-state index in [0.717, 1.165) is 0 Å². The van der Waals surface area contributed by atoms with Gasteiger partial charge in [-0.05, 0) is 6.92 Å². The largest absolute Gasteiger partial charge is 0.441 e. The van der Waals surface area contributed by atoms with Gasteiger partial charge in [-0.25, -0.2) is 4.79 Å². The smallest absolute Gasteiger partial charge is 0.405 e. The van der Waals surface area contributed by atoms with Gasteiger partial charge < -0.3 is 15.8 Å². The molecular formula is C5H11ClN2O2. The number of ether oxygens (including phenoxy) is 1. The first-order valence-electron chi connectivity index (χ1n) is 2.82. The number of carbonyl (C=O) groups is 1. The number of amides is 1. The maximum Gasteiger partial charge on any atom is 0.405 e. The molecule has 0 atom stereocenters. The summed E-state index contributed by atoms with van der Waals surface area (Å²) < 4.78 is 4.75. The molecule has 1 heterocycles. The lowest BCUT2D eigenvalue weighted by molar-refractivity contribution is -0.00816. The molecular weight excluding hydrogens is 156 g/mol. The molecule has 5 heteroatoms. The number of carbonyl (C=O) groups excluding carboxylic acids is 1. The molecule has 1 rings (SSSR count). The van der Waals surface area contributed by atoms with Gasteiger partial charge >= 0.3 is 6.09 Å². The first-order chi connectivity index (χ1) is 4.12. The Morgan fingerprint density at radius 3 is 2.30 bits per heavy atom. The van der Waals surface area contributed by atoms with E-state index < -0.39 is 6.09 Å². The summed E-state index contributed by atoms with van der Waals surface area (Å²) >= 11 is 0. The Morgan fingerprint density at radius 2 is 2.20 bits per heavy atom. The average Bonchev–Trinajstić information content (AvgIpc) is 1.60. The van der Waals surface area contributed by atoms with E-state index >= 15 is 0 Å². The van der Waals surface area contributed by atoms with Crippen LogP contribution in [-0.4, -0.2) is 24.8 Å². The van der Waals surface area contributed by atoms with Gasteiger partial charge in [0.1, 0.15) is 5.60 Å². The first-order valence-corrected chi connectivity index (χ1v) is 2.82. The highest BCUT2D eigenvalue weighted by molar-refractivity contribution is 5.85. The third-order valence-corrected chi connectivity index (χ3v) is 1.34. The summed E-state index contributed by atoms with van der Waals surface area (Å²) in [4.78, 5) is 10.2. The van der Waals surface area contributed by atoms with Gasteiger partial charge in [0.15, 0.2) is 0 Å². The van der Waals surface area contributed by atoms with Crippen LogP contribution in [0.4, 0.5) is 4.79 Å². The van der Waals surface area contributed by atoms with E-state index in [4.69, 9.17) is 10.5 Å². The zero-order valence-electron chi connectivity index (χ0n) is 5.72. The fraction of sp³-hybridized carbons (Fsp3) is 0.800. The minimum absolute atomic E-state index is 0. The Kier molecular flexibility index (Phi) is 2.93. The summed E-state index contributed by atoms with van der Waals surface area (Å²) in [6, 6.07) is 0. The van der Waals surface area contributed by atoms with Crippen molar-refractivity contribution in [2.24, 2.45) is 5.73 Å². The number of primary amides is 1. The van der Waals surface area contributed by atoms with Gasteiger partial charge in [0.05, 0.1) is 0 Å². The van der Waals surface area contributed by atoms with E-state index in [9.17, 15) is 4.79 Å². The number of hydrogen-bond acceptors (Lipinski definition) is 3. The van der Waals surface area contributed by atoms with Crippen LogP contribution in [-0.2, 0) is 4.74 Å². The molecule has 0 spiro atoms. The molecule has 0 saturated carbocycles. The van der Waals surface area contributed by atoms with Crippen LogP contribution in [0.5, 0.6) is 0 Å². The molecule has 1 amide bonds. The number of halogens is 1. The van der Waals surface area contributed by atoms with Crippen LogP contribution in [0, 0.1) is 0 Å². The fourth-order valence-electron chi connectivity index (χ4n) is 0.792. The molecule has 0 aromatic heterocycles. The molecule has 1 aliphatic heterocycles. The van der Waals surface area contributed by atoms with Crippen LogP contribution in [0.25, 0.3) is 0 Å². The second-order valence-electron chi connectivity index (χ2n) is 2.47. The summed E-state index contributed by atoms with van der Waals surface area (Å²) in [5, 5.41) is 2.97. The molecule has 0 unspecified atom stereocenters. The third-order valence-electron chi connectivity index (χ3n) is 1.34. The zero-order valence-corrected chi connectivity index (χ0v) is 6.53. The predicted molar refractivity (Wildman–Crippen MR) is 39.2 cm³/mol. The Bertz CT molecular complexity index is 136. The number of rotatable bonds is 1. The molecule has 3 N–H and O–H groups in total. The third kappa shape index (κ3) is 2.04. The van der Waals surface area contributed by atoms with Gasteiger partial charge in [-0.3, -0.25) is 0 Å². The van der Waals surface area contributed by atoms with E-state index in [1.54, 1.807) is 0 Å². The minimum atomic E-state index is -0.695. The van der Waals surface area contributed by atoms with Gasteiger partial charge in [0.25, 0.3) is 0 Å². The monoisotopic (exact) mass is 166 g/mol. The maximum atomic E-state index is 10.2. The van der Waals surface area contributed by atoms with Crippen molar-refractivity contribution in [2.75, 3.05) is 13.1 Å². The van der Waals surface area contributed by atoms with Crippen molar-refractivity contribution in [1.29, 1.82) is 0 Å². The molecule has 0 aliphatic carbocycles. The lowest BCUT2D eigenvalue weighted by Crippen LogP contribution is -2.60. The molecule has 0 aromatic rings. The standard InChI is InChI=1S/C5H10N2O2.ClH/c1-5(2-7-3-5)9-4(6)8;/h7H,2-3H2,1H3,(H2,6,8);1H. The Morgan fingerprint density at radius 1 is 1.70 bits per heavy atom. The first kappa shape index (κ1) is 9.52. The Hall–Kier alpha value is -0.480. The molecule has 0 radical (unpaired) electrons. The van der Waals surface area contributed by atoms with Gasteiger partial charge in [-0.2, -0.15) is 0 Å².